The number of carbonyl (C=O) groups excluding carboxylic acids is 1. The molecule has 3 aromatic rings. The van der Waals surface area contributed by atoms with Gasteiger partial charge in [-0.15, -0.1) is 0 Å². The minimum atomic E-state index is -0.188. The smallest absolute Gasteiger partial charge is 0.261 e. The number of methoxy groups -OCH3 is 1. The minimum Gasteiger partial charge on any atom is -0.497 e. The molecule has 0 saturated carbocycles. The zero-order chi connectivity index (χ0) is 20.3. The van der Waals surface area contributed by atoms with Crippen LogP contribution in [0.1, 0.15) is 16.8 Å². The summed E-state index contributed by atoms with van der Waals surface area (Å²) >= 11 is 13.7. The molecule has 0 aliphatic rings. The van der Waals surface area contributed by atoms with Crippen LogP contribution in [0.3, 0.4) is 0 Å². The fraction of sp³-hybridized carbons (Fsp3) is 0.300. The van der Waals surface area contributed by atoms with Crippen molar-refractivity contribution < 1.29 is 9.53 Å². The highest BCUT2D eigenvalue weighted by Gasteiger charge is 2.23. The number of anilines is 1. The van der Waals surface area contributed by atoms with E-state index in [0.29, 0.717) is 27.3 Å². The first kappa shape index (κ1) is 20.9. The van der Waals surface area contributed by atoms with Crippen LogP contribution in [-0.2, 0) is 0 Å². The number of amides is 1. The van der Waals surface area contributed by atoms with Gasteiger partial charge in [-0.25, -0.2) is 4.98 Å². The summed E-state index contributed by atoms with van der Waals surface area (Å²) < 4.78 is 6.26. The fourth-order valence-corrected chi connectivity index (χ4v) is 4.23. The number of carbonyl (C=O) groups is 1. The molecule has 0 saturated heterocycles. The fourth-order valence-electron chi connectivity index (χ4n) is 2.77. The average Bonchev–Trinajstić information content (AvgIpc) is 3.07. The van der Waals surface area contributed by atoms with Gasteiger partial charge in [0.05, 0.1) is 27.9 Å². The van der Waals surface area contributed by atoms with Crippen LogP contribution in [0.4, 0.5) is 5.13 Å². The lowest BCUT2D eigenvalue weighted by atomic mass is 10.2. The van der Waals surface area contributed by atoms with E-state index in [1.807, 2.05) is 32.3 Å². The van der Waals surface area contributed by atoms with E-state index in [9.17, 15) is 4.79 Å². The van der Waals surface area contributed by atoms with Gasteiger partial charge >= 0.3 is 0 Å². The van der Waals surface area contributed by atoms with Gasteiger partial charge in [-0.2, -0.15) is 0 Å². The van der Waals surface area contributed by atoms with Gasteiger partial charge in [0.15, 0.2) is 5.13 Å². The first-order valence-corrected chi connectivity index (χ1v) is 10.3. The third kappa shape index (κ3) is 4.75. The van der Waals surface area contributed by atoms with Gasteiger partial charge in [0.2, 0.25) is 0 Å². The lowest BCUT2D eigenvalue weighted by Crippen LogP contribution is -2.33. The minimum absolute atomic E-state index is 0.188. The third-order valence-corrected chi connectivity index (χ3v) is 5.82. The molecular weight excluding hydrogens is 417 g/mol. The van der Waals surface area contributed by atoms with Crippen LogP contribution in [0.5, 0.6) is 5.75 Å². The Hall–Kier alpha value is -1.86. The number of rotatable bonds is 7. The maximum atomic E-state index is 13.3. The van der Waals surface area contributed by atoms with Gasteiger partial charge in [-0.1, -0.05) is 34.5 Å². The van der Waals surface area contributed by atoms with Gasteiger partial charge in [0.1, 0.15) is 5.75 Å². The normalized spacial score (nSPS) is 11.2. The Balaban J connectivity index is 1.97. The number of benzene rings is 2. The second-order valence-electron chi connectivity index (χ2n) is 6.57. The monoisotopic (exact) mass is 437 g/mol. The molecule has 0 unspecified atom stereocenters. The van der Waals surface area contributed by atoms with Crippen LogP contribution in [0.25, 0.3) is 10.2 Å². The maximum absolute atomic E-state index is 13.3. The molecule has 5 nitrogen and oxygen atoms in total. The Morgan fingerprint density at radius 3 is 2.61 bits per heavy atom. The van der Waals surface area contributed by atoms with Crippen LogP contribution in [0.15, 0.2) is 36.4 Å². The first-order valence-electron chi connectivity index (χ1n) is 8.75. The summed E-state index contributed by atoms with van der Waals surface area (Å²) in [6.07, 6.45) is 0.809. The molecule has 0 bridgehead atoms. The molecule has 1 amide bonds. The standard InChI is InChI=1S/C20H21Cl2N3O2S/c1-24(2)9-4-10-25(19(26)15-7-5-13(21)11-16(15)22)20-23-17-12-14(27-3)6-8-18(17)28-20/h5-8,11-12H,4,9-10H2,1-3H3. The van der Waals surface area contributed by atoms with Gasteiger partial charge < -0.3 is 9.64 Å². The Morgan fingerprint density at radius 1 is 1.14 bits per heavy atom. The van der Waals surface area contributed by atoms with E-state index in [2.05, 4.69) is 9.88 Å². The van der Waals surface area contributed by atoms with Crippen molar-refractivity contribution in [2.24, 2.45) is 0 Å². The largest absolute Gasteiger partial charge is 0.497 e. The molecular formula is C20H21Cl2N3O2S. The van der Waals surface area contributed by atoms with E-state index in [-0.39, 0.29) is 5.91 Å². The number of hydrogen-bond acceptors (Lipinski definition) is 5. The number of fused-ring (bicyclic) bond motifs is 1. The van der Waals surface area contributed by atoms with Gasteiger partial charge in [-0.3, -0.25) is 9.69 Å². The quantitative estimate of drug-likeness (QED) is 0.508. The Labute approximate surface area is 178 Å². The highest BCUT2D eigenvalue weighted by molar-refractivity contribution is 7.22. The summed E-state index contributed by atoms with van der Waals surface area (Å²) in [4.78, 5) is 21.7. The van der Waals surface area contributed by atoms with Gasteiger partial charge in [0.25, 0.3) is 5.91 Å². The lowest BCUT2D eigenvalue weighted by Gasteiger charge is -2.21. The summed E-state index contributed by atoms with van der Waals surface area (Å²) in [5.41, 5.74) is 1.21. The predicted molar refractivity (Wildman–Crippen MR) is 117 cm³/mol. The summed E-state index contributed by atoms with van der Waals surface area (Å²) in [5.74, 6) is 0.544. The molecule has 2 aromatic carbocycles. The summed E-state index contributed by atoms with van der Waals surface area (Å²) in [6, 6.07) is 10.6. The van der Waals surface area contributed by atoms with E-state index < -0.39 is 0 Å². The number of nitrogens with zero attached hydrogens (tertiary/aromatic N) is 3. The van der Waals surface area contributed by atoms with Crippen molar-refractivity contribution >= 4 is 55.8 Å². The summed E-state index contributed by atoms with van der Waals surface area (Å²) in [7, 11) is 5.63. The Bertz CT molecular complexity index is 991. The molecule has 0 spiro atoms. The van der Waals surface area contributed by atoms with E-state index in [0.717, 1.165) is 28.9 Å². The number of aromatic nitrogens is 1. The lowest BCUT2D eigenvalue weighted by molar-refractivity contribution is 0.0986. The molecule has 0 aliphatic carbocycles. The van der Waals surface area contributed by atoms with Crippen molar-refractivity contribution in [3.05, 3.63) is 52.0 Å². The van der Waals surface area contributed by atoms with E-state index in [1.165, 1.54) is 11.3 Å². The van der Waals surface area contributed by atoms with Crippen LogP contribution in [0.2, 0.25) is 10.0 Å². The average molecular weight is 438 g/mol. The number of hydrogen-bond donors (Lipinski definition) is 0. The SMILES string of the molecule is COc1ccc2sc(N(CCCN(C)C)C(=O)c3ccc(Cl)cc3Cl)nc2c1. The van der Waals surface area contributed by atoms with Crippen LogP contribution in [-0.4, -0.2) is 50.1 Å². The molecule has 8 heteroatoms. The molecule has 1 heterocycles. The number of halogens is 2. The highest BCUT2D eigenvalue weighted by Crippen LogP contribution is 2.33. The van der Waals surface area contributed by atoms with Crippen molar-refractivity contribution in [3.8, 4) is 5.75 Å². The molecule has 0 N–H and O–H groups in total. The first-order chi connectivity index (χ1) is 13.4. The van der Waals surface area contributed by atoms with Crippen LogP contribution >= 0.6 is 34.5 Å². The Kier molecular flexibility index (Phi) is 6.78. The second kappa shape index (κ2) is 9.09. The number of ether oxygens (including phenoxy) is 1. The van der Waals surface area contributed by atoms with Crippen LogP contribution < -0.4 is 9.64 Å². The van der Waals surface area contributed by atoms with E-state index in [1.54, 1.807) is 30.2 Å². The molecule has 1 aromatic heterocycles. The van der Waals surface area contributed by atoms with Crippen molar-refractivity contribution in [3.63, 3.8) is 0 Å². The van der Waals surface area contributed by atoms with Crippen molar-refractivity contribution in [2.45, 2.75) is 6.42 Å². The predicted octanol–water partition coefficient (Wildman–Crippen LogP) is 5.21. The summed E-state index contributed by atoms with van der Waals surface area (Å²) in [5, 5.41) is 1.46. The van der Waals surface area contributed by atoms with Gasteiger partial charge in [0, 0.05) is 17.6 Å². The highest BCUT2D eigenvalue weighted by atomic mass is 35.5. The van der Waals surface area contributed by atoms with E-state index in [4.69, 9.17) is 27.9 Å². The van der Waals surface area contributed by atoms with Crippen molar-refractivity contribution in [1.82, 2.24) is 9.88 Å². The molecule has 28 heavy (non-hydrogen) atoms. The van der Waals surface area contributed by atoms with Crippen LogP contribution in [0, 0.1) is 0 Å². The maximum Gasteiger partial charge on any atom is 0.261 e. The molecule has 0 radical (unpaired) electrons. The number of thiazole rings is 1. The molecule has 148 valence electrons. The summed E-state index contributed by atoms with van der Waals surface area (Å²) in [6.45, 7) is 1.39. The molecule has 0 atom stereocenters. The molecule has 3 rings (SSSR count). The Morgan fingerprint density at radius 2 is 1.93 bits per heavy atom. The third-order valence-electron chi connectivity index (χ3n) is 4.21. The second-order valence-corrected chi connectivity index (χ2v) is 8.42. The van der Waals surface area contributed by atoms with Gasteiger partial charge in [-0.05, 0) is 57.4 Å². The van der Waals surface area contributed by atoms with E-state index >= 15 is 0 Å². The van der Waals surface area contributed by atoms with Crippen molar-refractivity contribution in [2.75, 3.05) is 39.2 Å². The zero-order valence-electron chi connectivity index (χ0n) is 15.9. The topological polar surface area (TPSA) is 45.7 Å². The molecule has 0 fully saturated rings. The molecule has 0 aliphatic heterocycles. The zero-order valence-corrected chi connectivity index (χ0v) is 18.2. The van der Waals surface area contributed by atoms with Crippen molar-refractivity contribution in [1.29, 1.82) is 0 Å².